The average Bonchev–Trinajstić information content (AvgIpc) is 2.83. The van der Waals surface area contributed by atoms with Crippen molar-refractivity contribution in [3.63, 3.8) is 0 Å². The molecule has 140 valence electrons. The first-order valence-corrected chi connectivity index (χ1v) is 8.90. The van der Waals surface area contributed by atoms with Gasteiger partial charge in [0.05, 0.1) is 5.69 Å². The summed E-state index contributed by atoms with van der Waals surface area (Å²) >= 11 is 0. The fourth-order valence-electron chi connectivity index (χ4n) is 2.62. The summed E-state index contributed by atoms with van der Waals surface area (Å²) < 4.78 is 5.18. The second kappa shape index (κ2) is 13.5. The molecule has 0 unspecified atom stereocenters. The van der Waals surface area contributed by atoms with Crippen LogP contribution in [-0.2, 0) is 6.42 Å². The number of rotatable bonds is 10. The number of nitrogens with zero attached hydrogens (tertiary/aromatic N) is 2. The highest BCUT2D eigenvalue weighted by atomic mass is 127. The van der Waals surface area contributed by atoms with Crippen LogP contribution in [0.5, 0.6) is 0 Å². The fraction of sp³-hybridized carbons (Fsp3) is 0.778. The molecule has 24 heavy (non-hydrogen) atoms. The van der Waals surface area contributed by atoms with Gasteiger partial charge in [-0.3, -0.25) is 4.99 Å². The van der Waals surface area contributed by atoms with Crippen molar-refractivity contribution >= 4 is 29.9 Å². The fourth-order valence-corrected chi connectivity index (χ4v) is 2.62. The Morgan fingerprint density at radius 1 is 1.08 bits per heavy atom. The molecule has 0 saturated heterocycles. The average molecular weight is 450 g/mol. The molecule has 0 aliphatic carbocycles. The van der Waals surface area contributed by atoms with Gasteiger partial charge in [-0.1, -0.05) is 44.7 Å². The topological polar surface area (TPSA) is 62.5 Å². The van der Waals surface area contributed by atoms with Crippen molar-refractivity contribution in [2.45, 2.75) is 66.2 Å². The Balaban J connectivity index is 0.00000529. The van der Waals surface area contributed by atoms with Crippen LogP contribution in [-0.4, -0.2) is 31.3 Å². The highest BCUT2D eigenvalue weighted by molar-refractivity contribution is 14.0. The summed E-state index contributed by atoms with van der Waals surface area (Å²) in [6.07, 6.45) is 7.41. The normalized spacial score (nSPS) is 11.5. The first-order valence-electron chi connectivity index (χ1n) is 8.90. The minimum Gasteiger partial charge on any atom is -0.361 e. The van der Waals surface area contributed by atoms with E-state index in [1.54, 1.807) is 0 Å². The van der Waals surface area contributed by atoms with E-state index in [9.17, 15) is 0 Å². The summed E-state index contributed by atoms with van der Waals surface area (Å²) in [7, 11) is 1.81. The number of aliphatic imine (C=N–C) groups is 1. The third kappa shape index (κ3) is 9.49. The molecule has 0 saturated carbocycles. The van der Waals surface area contributed by atoms with E-state index in [4.69, 9.17) is 4.52 Å². The van der Waals surface area contributed by atoms with Gasteiger partial charge in [0.1, 0.15) is 5.76 Å². The molecule has 1 rings (SSSR count). The Hall–Kier alpha value is -0.790. The first kappa shape index (κ1) is 23.2. The molecule has 0 bridgehead atoms. The van der Waals surface area contributed by atoms with Crippen molar-refractivity contribution < 1.29 is 4.52 Å². The Labute approximate surface area is 164 Å². The van der Waals surface area contributed by atoms with Crippen molar-refractivity contribution in [1.29, 1.82) is 0 Å². The van der Waals surface area contributed by atoms with E-state index >= 15 is 0 Å². The van der Waals surface area contributed by atoms with Crippen LogP contribution >= 0.6 is 24.0 Å². The van der Waals surface area contributed by atoms with Crippen LogP contribution in [0.3, 0.4) is 0 Å². The molecule has 0 aliphatic rings. The van der Waals surface area contributed by atoms with Crippen LogP contribution in [0.25, 0.3) is 0 Å². The van der Waals surface area contributed by atoms with Gasteiger partial charge >= 0.3 is 0 Å². The zero-order valence-corrected chi connectivity index (χ0v) is 18.3. The predicted molar refractivity (Wildman–Crippen MR) is 112 cm³/mol. The molecule has 5 nitrogen and oxygen atoms in total. The highest BCUT2D eigenvalue weighted by Gasteiger charge is 2.08. The molecule has 0 aliphatic heterocycles. The quantitative estimate of drug-likeness (QED) is 0.243. The van der Waals surface area contributed by atoms with E-state index < -0.39 is 0 Å². The molecular formula is C18H35IN4O. The smallest absolute Gasteiger partial charge is 0.190 e. The number of aryl methyl sites for hydroxylation is 2. The molecule has 1 aromatic rings. The van der Waals surface area contributed by atoms with Gasteiger partial charge in [0.25, 0.3) is 0 Å². The van der Waals surface area contributed by atoms with E-state index in [2.05, 4.69) is 34.6 Å². The Bertz CT molecular complexity index is 452. The number of halogens is 1. The molecule has 1 heterocycles. The maximum atomic E-state index is 5.18. The zero-order valence-electron chi connectivity index (χ0n) is 15.9. The molecule has 0 atom stereocenters. The van der Waals surface area contributed by atoms with E-state index in [1.807, 2.05) is 20.9 Å². The number of hydrogen-bond acceptors (Lipinski definition) is 3. The maximum absolute atomic E-state index is 5.18. The second-order valence-corrected chi connectivity index (χ2v) is 6.58. The minimum atomic E-state index is 0. The van der Waals surface area contributed by atoms with Crippen LogP contribution in [0, 0.1) is 19.8 Å². The van der Waals surface area contributed by atoms with Gasteiger partial charge in [0, 0.05) is 25.7 Å². The summed E-state index contributed by atoms with van der Waals surface area (Å²) in [4.78, 5) is 4.26. The maximum Gasteiger partial charge on any atom is 0.190 e. The van der Waals surface area contributed by atoms with Crippen molar-refractivity contribution in [3.8, 4) is 0 Å². The molecule has 6 heteroatoms. The Morgan fingerprint density at radius 3 is 2.33 bits per heavy atom. The molecular weight excluding hydrogens is 415 g/mol. The van der Waals surface area contributed by atoms with Gasteiger partial charge in [-0.2, -0.15) is 0 Å². The molecule has 2 N–H and O–H groups in total. The van der Waals surface area contributed by atoms with Crippen molar-refractivity contribution in [2.24, 2.45) is 10.9 Å². The number of nitrogens with one attached hydrogen (secondary N) is 2. The SMILES string of the molecule is CN=C(NCCCCCCC(C)C)NCCc1c(C)noc1C.I. The van der Waals surface area contributed by atoms with Gasteiger partial charge < -0.3 is 15.2 Å². The summed E-state index contributed by atoms with van der Waals surface area (Å²) in [5.74, 6) is 2.61. The molecule has 0 aromatic carbocycles. The molecule has 0 fully saturated rings. The lowest BCUT2D eigenvalue weighted by atomic mass is 10.0. The third-order valence-electron chi connectivity index (χ3n) is 4.07. The largest absolute Gasteiger partial charge is 0.361 e. The van der Waals surface area contributed by atoms with Crippen LogP contribution in [0.1, 0.15) is 63.0 Å². The minimum absolute atomic E-state index is 0. The van der Waals surface area contributed by atoms with Crippen molar-refractivity contribution in [2.75, 3.05) is 20.1 Å². The Morgan fingerprint density at radius 2 is 1.75 bits per heavy atom. The zero-order chi connectivity index (χ0) is 17.1. The van der Waals surface area contributed by atoms with Gasteiger partial charge in [-0.15, -0.1) is 24.0 Å². The third-order valence-corrected chi connectivity index (χ3v) is 4.07. The number of aromatic nitrogens is 1. The first-order chi connectivity index (χ1) is 11.0. The van der Waals surface area contributed by atoms with Crippen LogP contribution in [0.15, 0.2) is 9.52 Å². The van der Waals surface area contributed by atoms with Gasteiger partial charge in [0.15, 0.2) is 5.96 Å². The van der Waals surface area contributed by atoms with E-state index in [0.29, 0.717) is 0 Å². The summed E-state index contributed by atoms with van der Waals surface area (Å²) in [5, 5.41) is 10.7. The standard InChI is InChI=1S/C18H34N4O.HI/c1-14(2)10-8-6-7-9-12-20-18(19-5)21-13-11-17-15(3)22-23-16(17)4;/h14H,6-13H2,1-5H3,(H2,19,20,21);1H. The summed E-state index contributed by atoms with van der Waals surface area (Å²) in [5.41, 5.74) is 2.17. The van der Waals surface area contributed by atoms with E-state index in [1.165, 1.54) is 37.7 Å². The number of hydrogen-bond donors (Lipinski definition) is 2. The van der Waals surface area contributed by atoms with Crippen molar-refractivity contribution in [3.05, 3.63) is 17.0 Å². The predicted octanol–water partition coefficient (Wildman–Crippen LogP) is 4.22. The number of guanidine groups is 1. The molecule has 0 spiro atoms. The Kier molecular flexibility index (Phi) is 13.1. The summed E-state index contributed by atoms with van der Waals surface area (Å²) in [6, 6.07) is 0. The van der Waals surface area contributed by atoms with Crippen LogP contribution < -0.4 is 10.6 Å². The van der Waals surface area contributed by atoms with Crippen LogP contribution in [0.4, 0.5) is 0 Å². The monoisotopic (exact) mass is 450 g/mol. The lowest BCUT2D eigenvalue weighted by Gasteiger charge is -2.12. The molecule has 0 radical (unpaired) electrons. The van der Waals surface area contributed by atoms with Crippen LogP contribution in [0.2, 0.25) is 0 Å². The van der Waals surface area contributed by atoms with Gasteiger partial charge in [-0.05, 0) is 32.6 Å². The highest BCUT2D eigenvalue weighted by Crippen LogP contribution is 2.12. The lowest BCUT2D eigenvalue weighted by molar-refractivity contribution is 0.392. The number of unbranched alkanes of at least 4 members (excludes halogenated alkanes) is 3. The second-order valence-electron chi connectivity index (χ2n) is 6.58. The lowest BCUT2D eigenvalue weighted by Crippen LogP contribution is -2.38. The molecule has 0 amide bonds. The van der Waals surface area contributed by atoms with E-state index in [-0.39, 0.29) is 24.0 Å². The van der Waals surface area contributed by atoms with Gasteiger partial charge in [0.2, 0.25) is 0 Å². The molecule has 1 aromatic heterocycles. The summed E-state index contributed by atoms with van der Waals surface area (Å²) in [6.45, 7) is 10.3. The van der Waals surface area contributed by atoms with Crippen molar-refractivity contribution in [1.82, 2.24) is 15.8 Å². The van der Waals surface area contributed by atoms with E-state index in [0.717, 1.165) is 42.8 Å². The van der Waals surface area contributed by atoms with Gasteiger partial charge in [-0.25, -0.2) is 0 Å².